The molecule has 0 aliphatic rings. The fourth-order valence-electron chi connectivity index (χ4n) is 1.33. The first-order valence-electron chi connectivity index (χ1n) is 5.44. The zero-order valence-corrected chi connectivity index (χ0v) is 13.0. The van der Waals surface area contributed by atoms with Gasteiger partial charge in [-0.05, 0) is 30.1 Å². The summed E-state index contributed by atoms with van der Waals surface area (Å²) in [5.74, 6) is 0. The van der Waals surface area contributed by atoms with Crippen molar-refractivity contribution in [2.45, 2.75) is 58.4 Å². The molecule has 0 aliphatic carbocycles. The highest BCUT2D eigenvalue weighted by molar-refractivity contribution is 14.1. The van der Waals surface area contributed by atoms with Crippen LogP contribution >= 0.6 is 22.6 Å². The standard InChI is InChI=1S/C11H23IOSi/c1-5-6-7-8-11(9-10-12)13-14(2,3)4/h9-11H,5-8H2,1-4H3/t11-/m0/s1. The maximum Gasteiger partial charge on any atom is 0.184 e. The first-order chi connectivity index (χ1) is 6.49. The van der Waals surface area contributed by atoms with Crippen LogP contribution in [0.1, 0.15) is 32.6 Å². The summed E-state index contributed by atoms with van der Waals surface area (Å²) in [6.45, 7) is 8.99. The highest BCUT2D eigenvalue weighted by atomic mass is 127. The Kier molecular flexibility index (Phi) is 8.24. The highest BCUT2D eigenvalue weighted by Crippen LogP contribution is 2.15. The second-order valence-corrected chi connectivity index (χ2v) is 9.76. The summed E-state index contributed by atoms with van der Waals surface area (Å²) < 4.78 is 8.15. The van der Waals surface area contributed by atoms with E-state index in [1.54, 1.807) is 0 Å². The van der Waals surface area contributed by atoms with Crippen LogP contribution in [0, 0.1) is 0 Å². The smallest absolute Gasteiger partial charge is 0.184 e. The molecule has 1 nitrogen and oxygen atoms in total. The molecule has 0 radical (unpaired) electrons. The minimum Gasteiger partial charge on any atom is -0.411 e. The predicted octanol–water partition coefficient (Wildman–Crippen LogP) is 4.74. The average molecular weight is 326 g/mol. The zero-order valence-electron chi connectivity index (χ0n) is 9.85. The molecule has 0 amide bonds. The lowest BCUT2D eigenvalue weighted by Gasteiger charge is -2.24. The van der Waals surface area contributed by atoms with Crippen LogP contribution in [-0.4, -0.2) is 14.4 Å². The van der Waals surface area contributed by atoms with Gasteiger partial charge in [-0.1, -0.05) is 54.9 Å². The Balaban J connectivity index is 3.90. The first kappa shape index (κ1) is 14.6. The lowest BCUT2D eigenvalue weighted by atomic mass is 10.1. The largest absolute Gasteiger partial charge is 0.411 e. The van der Waals surface area contributed by atoms with Crippen LogP contribution < -0.4 is 0 Å². The van der Waals surface area contributed by atoms with Crippen LogP contribution in [-0.2, 0) is 4.43 Å². The van der Waals surface area contributed by atoms with Crippen molar-refractivity contribution >= 4 is 30.9 Å². The number of hydrogen-bond acceptors (Lipinski definition) is 1. The van der Waals surface area contributed by atoms with E-state index in [0.29, 0.717) is 6.10 Å². The zero-order chi connectivity index (χ0) is 11.0. The predicted molar refractivity (Wildman–Crippen MR) is 75.5 cm³/mol. The van der Waals surface area contributed by atoms with Crippen molar-refractivity contribution in [1.29, 1.82) is 0 Å². The highest BCUT2D eigenvalue weighted by Gasteiger charge is 2.18. The van der Waals surface area contributed by atoms with E-state index < -0.39 is 8.32 Å². The Morgan fingerprint density at radius 1 is 1.29 bits per heavy atom. The van der Waals surface area contributed by atoms with Gasteiger partial charge in [-0.15, -0.1) is 0 Å². The van der Waals surface area contributed by atoms with Crippen molar-refractivity contribution in [3.63, 3.8) is 0 Å². The molecule has 84 valence electrons. The van der Waals surface area contributed by atoms with Gasteiger partial charge in [-0.25, -0.2) is 0 Å². The maximum absolute atomic E-state index is 6.07. The fraction of sp³-hybridized carbons (Fsp3) is 0.818. The molecule has 0 N–H and O–H groups in total. The van der Waals surface area contributed by atoms with Gasteiger partial charge in [0.1, 0.15) is 0 Å². The third-order valence-electron chi connectivity index (χ3n) is 1.88. The van der Waals surface area contributed by atoms with Gasteiger partial charge in [0, 0.05) is 0 Å². The minimum absolute atomic E-state index is 0.352. The van der Waals surface area contributed by atoms with Crippen LogP contribution in [0.25, 0.3) is 0 Å². The molecule has 0 fully saturated rings. The Hall–Kier alpha value is 0.647. The SMILES string of the molecule is CCCCC[C@@H](C=CI)O[Si](C)(C)C. The average Bonchev–Trinajstić information content (AvgIpc) is 2.02. The van der Waals surface area contributed by atoms with Crippen molar-refractivity contribution in [2.24, 2.45) is 0 Å². The van der Waals surface area contributed by atoms with Crippen molar-refractivity contribution in [3.8, 4) is 0 Å². The summed E-state index contributed by atoms with van der Waals surface area (Å²) in [7, 11) is -1.37. The molecule has 14 heavy (non-hydrogen) atoms. The van der Waals surface area contributed by atoms with Gasteiger partial charge < -0.3 is 4.43 Å². The monoisotopic (exact) mass is 326 g/mol. The lowest BCUT2D eigenvalue weighted by Crippen LogP contribution is -2.31. The molecule has 0 rings (SSSR count). The molecule has 0 aliphatic heterocycles. The van der Waals surface area contributed by atoms with Gasteiger partial charge in [-0.2, -0.15) is 0 Å². The van der Waals surface area contributed by atoms with E-state index in [0.717, 1.165) is 0 Å². The van der Waals surface area contributed by atoms with Gasteiger partial charge in [-0.3, -0.25) is 0 Å². The number of unbranched alkanes of at least 4 members (excludes halogenated alkanes) is 2. The molecule has 0 heterocycles. The van der Waals surface area contributed by atoms with E-state index in [-0.39, 0.29) is 0 Å². The molecular formula is C11H23IOSi. The van der Waals surface area contributed by atoms with Gasteiger partial charge in [0.05, 0.1) is 6.10 Å². The van der Waals surface area contributed by atoms with Crippen molar-refractivity contribution in [1.82, 2.24) is 0 Å². The number of hydrogen-bond donors (Lipinski definition) is 0. The van der Waals surface area contributed by atoms with Crippen molar-refractivity contribution in [3.05, 3.63) is 10.2 Å². The maximum atomic E-state index is 6.07. The van der Waals surface area contributed by atoms with Gasteiger partial charge >= 0.3 is 0 Å². The molecule has 0 spiro atoms. The summed E-state index contributed by atoms with van der Waals surface area (Å²) in [6, 6.07) is 0. The molecule has 0 aromatic heterocycles. The Morgan fingerprint density at radius 2 is 1.93 bits per heavy atom. The second-order valence-electron chi connectivity index (χ2n) is 4.58. The Bertz CT molecular complexity index is 163. The summed E-state index contributed by atoms with van der Waals surface area (Å²) >= 11 is 2.27. The molecule has 0 saturated carbocycles. The van der Waals surface area contributed by atoms with Crippen molar-refractivity contribution in [2.75, 3.05) is 0 Å². The lowest BCUT2D eigenvalue weighted by molar-refractivity contribution is 0.227. The molecule has 1 atom stereocenters. The van der Waals surface area contributed by atoms with Crippen LogP contribution in [0.3, 0.4) is 0 Å². The van der Waals surface area contributed by atoms with E-state index in [9.17, 15) is 0 Å². The Morgan fingerprint density at radius 3 is 2.36 bits per heavy atom. The van der Waals surface area contributed by atoms with E-state index >= 15 is 0 Å². The van der Waals surface area contributed by atoms with Gasteiger partial charge in [0.25, 0.3) is 0 Å². The van der Waals surface area contributed by atoms with Crippen LogP contribution in [0.5, 0.6) is 0 Å². The van der Waals surface area contributed by atoms with E-state index in [1.807, 2.05) is 0 Å². The van der Waals surface area contributed by atoms with Crippen LogP contribution in [0.2, 0.25) is 19.6 Å². The van der Waals surface area contributed by atoms with Gasteiger partial charge in [0.15, 0.2) is 8.32 Å². The van der Waals surface area contributed by atoms with E-state index in [2.05, 4.69) is 59.3 Å². The van der Waals surface area contributed by atoms with Crippen LogP contribution in [0.15, 0.2) is 10.2 Å². The molecule has 0 aromatic carbocycles. The third-order valence-corrected chi connectivity index (χ3v) is 3.31. The van der Waals surface area contributed by atoms with E-state index in [1.165, 1.54) is 25.7 Å². The normalized spacial score (nSPS) is 14.9. The third kappa shape index (κ3) is 9.21. The first-order valence-corrected chi connectivity index (χ1v) is 10.1. The molecule has 0 unspecified atom stereocenters. The van der Waals surface area contributed by atoms with Crippen LogP contribution in [0.4, 0.5) is 0 Å². The number of rotatable bonds is 7. The number of halogens is 1. The molecule has 0 saturated heterocycles. The molecule has 0 bridgehead atoms. The fourth-order valence-corrected chi connectivity index (χ4v) is 2.89. The summed E-state index contributed by atoms with van der Waals surface area (Å²) in [5.41, 5.74) is 0. The summed E-state index contributed by atoms with van der Waals surface area (Å²) in [4.78, 5) is 0. The molecule has 0 aromatic rings. The summed E-state index contributed by atoms with van der Waals surface area (Å²) in [6.07, 6.45) is 7.61. The topological polar surface area (TPSA) is 9.23 Å². The van der Waals surface area contributed by atoms with Crippen molar-refractivity contribution < 1.29 is 4.43 Å². The summed E-state index contributed by atoms with van der Waals surface area (Å²) in [5, 5.41) is 0. The van der Waals surface area contributed by atoms with Gasteiger partial charge in [0.2, 0.25) is 0 Å². The minimum atomic E-state index is -1.37. The molecular weight excluding hydrogens is 303 g/mol. The molecule has 3 heteroatoms. The van der Waals surface area contributed by atoms with E-state index in [4.69, 9.17) is 4.43 Å². The Labute approximate surface area is 104 Å². The second kappa shape index (κ2) is 7.88. The quantitative estimate of drug-likeness (QED) is 0.373.